The van der Waals surface area contributed by atoms with Gasteiger partial charge in [0.15, 0.2) is 0 Å². The summed E-state index contributed by atoms with van der Waals surface area (Å²) in [5, 5.41) is 3.44. The molecule has 0 aromatic heterocycles. The number of likely N-dealkylation sites (tertiary alicyclic amines) is 1. The van der Waals surface area contributed by atoms with E-state index in [-0.39, 0.29) is 24.1 Å². The fourth-order valence-corrected chi connectivity index (χ4v) is 4.02. The first-order chi connectivity index (χ1) is 10.2. The highest BCUT2D eigenvalue weighted by atomic mass is 35.5. The predicted octanol–water partition coefficient (Wildman–Crippen LogP) is 2.94. The first-order valence-corrected chi connectivity index (χ1v) is 8.52. The molecule has 3 rings (SSSR count). The fourth-order valence-electron chi connectivity index (χ4n) is 3.22. The number of carbonyl (C=O) groups excluding carboxylic acids is 1. The molecule has 1 amide bonds. The zero-order valence-electron chi connectivity index (χ0n) is 12.5. The van der Waals surface area contributed by atoms with Crippen LogP contribution in [-0.4, -0.2) is 42.7 Å². The highest BCUT2D eigenvalue weighted by molar-refractivity contribution is 8.00. The first kappa shape index (κ1) is 17.6. The molecule has 2 aliphatic rings. The molecule has 6 heteroatoms. The van der Waals surface area contributed by atoms with E-state index < -0.39 is 0 Å². The molecule has 22 heavy (non-hydrogen) atoms. The number of nitrogens with one attached hydrogen (secondary N) is 1. The molecule has 2 fully saturated rings. The number of carbonyl (C=O) groups is 1. The lowest BCUT2D eigenvalue weighted by Crippen LogP contribution is -2.44. The third-order valence-corrected chi connectivity index (χ3v) is 5.68. The number of thioether (sulfide) groups is 1. The lowest BCUT2D eigenvalue weighted by atomic mass is 9.78. The van der Waals surface area contributed by atoms with Crippen LogP contribution in [0.2, 0.25) is 0 Å². The standard InChI is InChI=1S/C16H21FN2OS.ClH/c17-13-1-3-14(4-2-13)21-11-15(20)19-9-6-16(7-10-19)5-8-18-12-16;/h1-4,18H,5-12H2;1H. The van der Waals surface area contributed by atoms with Crippen LogP contribution in [0.4, 0.5) is 4.39 Å². The molecule has 0 atom stereocenters. The average molecular weight is 345 g/mol. The molecule has 2 heterocycles. The number of hydrogen-bond donors (Lipinski definition) is 1. The number of benzene rings is 1. The van der Waals surface area contributed by atoms with Gasteiger partial charge in [0.2, 0.25) is 5.91 Å². The maximum Gasteiger partial charge on any atom is 0.232 e. The van der Waals surface area contributed by atoms with Gasteiger partial charge in [0, 0.05) is 24.5 Å². The fraction of sp³-hybridized carbons (Fsp3) is 0.562. The van der Waals surface area contributed by atoms with Gasteiger partial charge in [-0.05, 0) is 55.5 Å². The Morgan fingerprint density at radius 2 is 1.91 bits per heavy atom. The van der Waals surface area contributed by atoms with E-state index in [2.05, 4.69) is 5.32 Å². The minimum Gasteiger partial charge on any atom is -0.342 e. The van der Waals surface area contributed by atoms with Crippen LogP contribution < -0.4 is 5.32 Å². The number of nitrogens with zero attached hydrogens (tertiary/aromatic N) is 1. The normalized spacial score (nSPS) is 20.0. The van der Waals surface area contributed by atoms with Crippen LogP contribution in [0.5, 0.6) is 0 Å². The Balaban J connectivity index is 0.00000176. The topological polar surface area (TPSA) is 32.3 Å². The maximum atomic E-state index is 12.8. The Kier molecular flexibility index (Phi) is 6.12. The Morgan fingerprint density at radius 1 is 1.23 bits per heavy atom. The van der Waals surface area contributed by atoms with Crippen molar-refractivity contribution in [2.24, 2.45) is 5.41 Å². The maximum absolute atomic E-state index is 12.8. The Labute approximate surface area is 141 Å². The molecule has 0 aliphatic carbocycles. The van der Waals surface area contributed by atoms with Crippen LogP contribution >= 0.6 is 24.2 Å². The number of rotatable bonds is 3. The number of halogens is 2. The van der Waals surface area contributed by atoms with E-state index in [0.717, 1.165) is 43.9 Å². The molecule has 1 N–H and O–H groups in total. The minimum atomic E-state index is -0.239. The van der Waals surface area contributed by atoms with Gasteiger partial charge in [-0.25, -0.2) is 4.39 Å². The van der Waals surface area contributed by atoms with Gasteiger partial charge in [-0.3, -0.25) is 4.79 Å². The van der Waals surface area contributed by atoms with E-state index in [0.29, 0.717) is 11.2 Å². The zero-order chi connectivity index (χ0) is 14.7. The van der Waals surface area contributed by atoms with E-state index in [1.807, 2.05) is 4.90 Å². The summed E-state index contributed by atoms with van der Waals surface area (Å²) in [5.41, 5.74) is 0.445. The minimum absolute atomic E-state index is 0. The third-order valence-electron chi connectivity index (χ3n) is 4.68. The first-order valence-electron chi connectivity index (χ1n) is 7.54. The van der Waals surface area contributed by atoms with Crippen LogP contribution in [0, 0.1) is 11.2 Å². The van der Waals surface area contributed by atoms with Crippen molar-refractivity contribution in [2.45, 2.75) is 24.2 Å². The number of hydrogen-bond acceptors (Lipinski definition) is 3. The van der Waals surface area contributed by atoms with Crippen molar-refractivity contribution in [3.8, 4) is 0 Å². The van der Waals surface area contributed by atoms with Gasteiger partial charge < -0.3 is 10.2 Å². The third kappa shape index (κ3) is 4.15. The SMILES string of the molecule is Cl.O=C(CSc1ccc(F)cc1)N1CCC2(CCNC2)CC1. The predicted molar refractivity (Wildman–Crippen MR) is 90.1 cm³/mol. The van der Waals surface area contributed by atoms with Gasteiger partial charge in [-0.15, -0.1) is 24.2 Å². The van der Waals surface area contributed by atoms with Crippen LogP contribution in [0.15, 0.2) is 29.2 Å². The van der Waals surface area contributed by atoms with Crippen molar-refractivity contribution in [1.82, 2.24) is 10.2 Å². The van der Waals surface area contributed by atoms with E-state index in [1.165, 1.54) is 30.3 Å². The summed E-state index contributed by atoms with van der Waals surface area (Å²) < 4.78 is 12.8. The average Bonchev–Trinajstić information content (AvgIpc) is 2.95. The summed E-state index contributed by atoms with van der Waals surface area (Å²) in [6.07, 6.45) is 3.49. The molecule has 0 radical (unpaired) electrons. The molecule has 0 unspecified atom stereocenters. The van der Waals surface area contributed by atoms with Crippen LogP contribution in [0.3, 0.4) is 0 Å². The van der Waals surface area contributed by atoms with Crippen LogP contribution in [0.25, 0.3) is 0 Å². The Bertz CT molecular complexity index is 495. The van der Waals surface area contributed by atoms with Crippen LogP contribution in [0.1, 0.15) is 19.3 Å². The van der Waals surface area contributed by atoms with Crippen molar-refractivity contribution in [3.63, 3.8) is 0 Å². The van der Waals surface area contributed by atoms with E-state index in [1.54, 1.807) is 12.1 Å². The lowest BCUT2D eigenvalue weighted by molar-refractivity contribution is -0.130. The van der Waals surface area contributed by atoms with Gasteiger partial charge in [0.25, 0.3) is 0 Å². The van der Waals surface area contributed by atoms with E-state index >= 15 is 0 Å². The van der Waals surface area contributed by atoms with Gasteiger partial charge in [0.05, 0.1) is 5.75 Å². The molecule has 3 nitrogen and oxygen atoms in total. The monoisotopic (exact) mass is 344 g/mol. The van der Waals surface area contributed by atoms with Gasteiger partial charge in [-0.2, -0.15) is 0 Å². The summed E-state index contributed by atoms with van der Waals surface area (Å²) in [6, 6.07) is 6.32. The van der Waals surface area contributed by atoms with Gasteiger partial charge >= 0.3 is 0 Å². The molecule has 0 bridgehead atoms. The smallest absolute Gasteiger partial charge is 0.232 e. The Hall–Kier alpha value is -0.780. The highest BCUT2D eigenvalue weighted by Crippen LogP contribution is 2.37. The summed E-state index contributed by atoms with van der Waals surface area (Å²) in [6.45, 7) is 3.99. The summed E-state index contributed by atoms with van der Waals surface area (Å²) in [4.78, 5) is 15.2. The summed E-state index contributed by atoms with van der Waals surface area (Å²) in [7, 11) is 0. The molecule has 2 aliphatic heterocycles. The van der Waals surface area contributed by atoms with Crippen molar-refractivity contribution in [2.75, 3.05) is 31.9 Å². The number of piperidine rings is 1. The van der Waals surface area contributed by atoms with Crippen molar-refractivity contribution >= 4 is 30.1 Å². The van der Waals surface area contributed by atoms with Crippen LogP contribution in [-0.2, 0) is 4.79 Å². The molecular formula is C16H22ClFN2OS. The summed E-state index contributed by atoms with van der Waals surface area (Å²) >= 11 is 1.48. The second kappa shape index (κ2) is 7.66. The van der Waals surface area contributed by atoms with E-state index in [9.17, 15) is 9.18 Å². The Morgan fingerprint density at radius 3 is 2.50 bits per heavy atom. The molecule has 1 aromatic rings. The largest absolute Gasteiger partial charge is 0.342 e. The lowest BCUT2D eigenvalue weighted by Gasteiger charge is -2.38. The second-order valence-corrected chi connectivity index (χ2v) is 7.10. The van der Waals surface area contributed by atoms with Crippen molar-refractivity contribution < 1.29 is 9.18 Å². The molecule has 1 aromatic carbocycles. The number of amides is 1. The molecule has 1 spiro atoms. The molecular weight excluding hydrogens is 323 g/mol. The zero-order valence-corrected chi connectivity index (χ0v) is 14.1. The molecule has 122 valence electrons. The second-order valence-electron chi connectivity index (χ2n) is 6.05. The highest BCUT2D eigenvalue weighted by Gasteiger charge is 2.37. The summed E-state index contributed by atoms with van der Waals surface area (Å²) in [5.74, 6) is 0.402. The molecule has 2 saturated heterocycles. The molecule has 0 saturated carbocycles. The van der Waals surface area contributed by atoms with E-state index in [4.69, 9.17) is 0 Å². The van der Waals surface area contributed by atoms with Crippen molar-refractivity contribution in [1.29, 1.82) is 0 Å². The quantitative estimate of drug-likeness (QED) is 0.856. The van der Waals surface area contributed by atoms with Gasteiger partial charge in [0.1, 0.15) is 5.82 Å². The van der Waals surface area contributed by atoms with Gasteiger partial charge in [-0.1, -0.05) is 0 Å². The van der Waals surface area contributed by atoms with Crippen molar-refractivity contribution in [3.05, 3.63) is 30.1 Å².